The molecule has 1 aliphatic carbocycles. The van der Waals surface area contributed by atoms with Crippen LogP contribution in [0, 0.1) is 0 Å². The van der Waals surface area contributed by atoms with Gasteiger partial charge in [-0.1, -0.05) is 53.8 Å². The zero-order chi connectivity index (χ0) is 24.8. The number of hydrogen-bond donors (Lipinski definition) is 0. The molecule has 1 aliphatic heterocycles. The predicted molar refractivity (Wildman–Crippen MR) is 140 cm³/mol. The lowest BCUT2D eigenvalue weighted by Gasteiger charge is -2.29. The Bertz CT molecular complexity index is 1740. The fourth-order valence-corrected chi connectivity index (χ4v) is 6.18. The second kappa shape index (κ2) is 8.91. The summed E-state index contributed by atoms with van der Waals surface area (Å²) in [6.07, 6.45) is 3.82. The molecule has 2 aliphatic rings. The number of carbonyl (C=O) groups excluding carboxylic acids is 1. The summed E-state index contributed by atoms with van der Waals surface area (Å²) in [5.41, 5.74) is 3.00. The number of thiazole rings is 1. The van der Waals surface area contributed by atoms with Crippen LogP contribution in [0.15, 0.2) is 81.7 Å². The molecule has 4 aromatic rings. The van der Waals surface area contributed by atoms with Gasteiger partial charge in [0.2, 0.25) is 0 Å². The molecule has 6 rings (SSSR count). The molecule has 1 atom stereocenters. The number of hydrogen-bond acceptors (Lipinski definition) is 6. The van der Waals surface area contributed by atoms with Crippen molar-refractivity contribution in [3.05, 3.63) is 103 Å². The molecule has 2 heterocycles. The number of ether oxygens (including phenoxy) is 2. The van der Waals surface area contributed by atoms with Crippen LogP contribution in [-0.2, 0) is 4.79 Å². The minimum Gasteiger partial charge on any atom is -0.497 e. The molecule has 3 aromatic carbocycles. The molecule has 36 heavy (non-hydrogen) atoms. The van der Waals surface area contributed by atoms with Crippen molar-refractivity contribution in [2.45, 2.75) is 25.3 Å². The van der Waals surface area contributed by atoms with E-state index in [1.54, 1.807) is 24.9 Å². The van der Waals surface area contributed by atoms with Crippen molar-refractivity contribution in [1.29, 1.82) is 0 Å². The molecule has 0 radical (unpaired) electrons. The molecule has 0 spiro atoms. The molecule has 0 fully saturated rings. The van der Waals surface area contributed by atoms with E-state index in [0.29, 0.717) is 32.8 Å². The van der Waals surface area contributed by atoms with Crippen LogP contribution in [0.4, 0.5) is 0 Å². The Kier molecular flexibility index (Phi) is 5.57. The standard InChI is InChI=1S/C29H24N2O4S/c1-34-19-14-13-18(24(16-19)35-2)15-25-28(33)31-27(21-10-5-8-17-7-3-4-9-20(17)21)26-22(30-29(31)36-25)11-6-12-23(26)32/h3-5,7-10,13-16,27H,6,11-12H2,1-2H3. The van der Waals surface area contributed by atoms with E-state index in [2.05, 4.69) is 18.2 Å². The van der Waals surface area contributed by atoms with Crippen molar-refractivity contribution in [1.82, 2.24) is 4.57 Å². The van der Waals surface area contributed by atoms with E-state index in [1.165, 1.54) is 11.3 Å². The van der Waals surface area contributed by atoms with Gasteiger partial charge in [0, 0.05) is 23.6 Å². The zero-order valence-electron chi connectivity index (χ0n) is 20.0. The van der Waals surface area contributed by atoms with Crippen LogP contribution in [0.5, 0.6) is 11.5 Å². The number of benzene rings is 3. The van der Waals surface area contributed by atoms with E-state index in [9.17, 15) is 9.59 Å². The third-order valence-electron chi connectivity index (χ3n) is 6.87. The van der Waals surface area contributed by atoms with Gasteiger partial charge in [-0.25, -0.2) is 4.99 Å². The second-order valence-electron chi connectivity index (χ2n) is 8.90. The van der Waals surface area contributed by atoms with Crippen molar-refractivity contribution in [2.24, 2.45) is 4.99 Å². The first-order valence-electron chi connectivity index (χ1n) is 11.9. The van der Waals surface area contributed by atoms with Crippen LogP contribution in [0.2, 0.25) is 0 Å². The van der Waals surface area contributed by atoms with Crippen LogP contribution in [0.3, 0.4) is 0 Å². The molecule has 180 valence electrons. The maximum absolute atomic E-state index is 13.9. The first-order chi connectivity index (χ1) is 17.6. The van der Waals surface area contributed by atoms with Gasteiger partial charge in [0.15, 0.2) is 10.6 Å². The van der Waals surface area contributed by atoms with Gasteiger partial charge >= 0.3 is 0 Å². The summed E-state index contributed by atoms with van der Waals surface area (Å²) in [6.45, 7) is 0. The zero-order valence-corrected chi connectivity index (χ0v) is 20.8. The Balaban J connectivity index is 1.62. The summed E-state index contributed by atoms with van der Waals surface area (Å²) < 4.78 is 13.1. The molecule has 6 nitrogen and oxygen atoms in total. The van der Waals surface area contributed by atoms with Gasteiger partial charge in [0.05, 0.1) is 30.5 Å². The fraction of sp³-hybridized carbons (Fsp3) is 0.207. The van der Waals surface area contributed by atoms with Crippen molar-refractivity contribution < 1.29 is 14.3 Å². The van der Waals surface area contributed by atoms with Gasteiger partial charge in [-0.05, 0) is 47.4 Å². The second-order valence-corrected chi connectivity index (χ2v) is 9.91. The lowest BCUT2D eigenvalue weighted by Crippen LogP contribution is -2.40. The minimum atomic E-state index is -0.505. The monoisotopic (exact) mass is 496 g/mol. The Morgan fingerprint density at radius 2 is 1.83 bits per heavy atom. The quantitative estimate of drug-likeness (QED) is 0.426. The molecular formula is C29H24N2O4S. The van der Waals surface area contributed by atoms with Crippen molar-refractivity contribution in [3.63, 3.8) is 0 Å². The first-order valence-corrected chi connectivity index (χ1v) is 12.7. The Morgan fingerprint density at radius 3 is 2.67 bits per heavy atom. The van der Waals surface area contributed by atoms with Crippen LogP contribution >= 0.6 is 11.3 Å². The molecule has 0 saturated carbocycles. The van der Waals surface area contributed by atoms with E-state index in [4.69, 9.17) is 14.5 Å². The number of methoxy groups -OCH3 is 2. The Hall–Kier alpha value is -3.97. The molecule has 7 heteroatoms. The number of ketones is 1. The predicted octanol–water partition coefficient (Wildman–Crippen LogP) is 4.14. The highest BCUT2D eigenvalue weighted by molar-refractivity contribution is 7.07. The number of nitrogens with zero attached hydrogens (tertiary/aromatic N) is 2. The van der Waals surface area contributed by atoms with E-state index >= 15 is 0 Å². The third-order valence-corrected chi connectivity index (χ3v) is 7.86. The lowest BCUT2D eigenvalue weighted by atomic mass is 9.84. The van der Waals surface area contributed by atoms with E-state index < -0.39 is 6.04 Å². The molecular weight excluding hydrogens is 472 g/mol. The van der Waals surface area contributed by atoms with Crippen LogP contribution < -0.4 is 24.4 Å². The first kappa shape index (κ1) is 22.5. The van der Waals surface area contributed by atoms with Crippen molar-refractivity contribution >= 4 is 34.0 Å². The van der Waals surface area contributed by atoms with Crippen LogP contribution in [0.1, 0.15) is 36.4 Å². The van der Waals surface area contributed by atoms with Gasteiger partial charge in [0.1, 0.15) is 11.5 Å². The normalized spacial score (nSPS) is 17.6. The van der Waals surface area contributed by atoms with Gasteiger partial charge in [-0.15, -0.1) is 0 Å². The highest BCUT2D eigenvalue weighted by Gasteiger charge is 2.35. The summed E-state index contributed by atoms with van der Waals surface area (Å²) in [5, 5.41) is 2.10. The summed E-state index contributed by atoms with van der Waals surface area (Å²) in [6, 6.07) is 19.1. The van der Waals surface area contributed by atoms with E-state index in [1.807, 2.05) is 42.5 Å². The number of allylic oxidation sites excluding steroid dienone is 2. The maximum atomic E-state index is 13.9. The van der Waals surface area contributed by atoms with Gasteiger partial charge in [-0.2, -0.15) is 0 Å². The maximum Gasteiger partial charge on any atom is 0.271 e. The number of fused-ring (bicyclic) bond motifs is 2. The lowest BCUT2D eigenvalue weighted by molar-refractivity contribution is -0.116. The summed E-state index contributed by atoms with van der Waals surface area (Å²) in [4.78, 5) is 32.6. The highest BCUT2D eigenvalue weighted by atomic mass is 32.1. The molecule has 1 aromatic heterocycles. The number of carbonyl (C=O) groups is 1. The largest absolute Gasteiger partial charge is 0.497 e. The van der Waals surface area contributed by atoms with Gasteiger partial charge in [0.25, 0.3) is 5.56 Å². The average Bonchev–Trinajstić information content (AvgIpc) is 3.22. The molecule has 0 N–H and O–H groups in total. The van der Waals surface area contributed by atoms with E-state index in [-0.39, 0.29) is 11.3 Å². The molecule has 0 bridgehead atoms. The highest BCUT2D eigenvalue weighted by Crippen LogP contribution is 2.38. The van der Waals surface area contributed by atoms with Gasteiger partial charge in [-0.3, -0.25) is 14.2 Å². The number of rotatable bonds is 4. The summed E-state index contributed by atoms with van der Waals surface area (Å²) >= 11 is 1.34. The number of Topliss-reactive ketones (excluding diaryl/α,β-unsaturated/α-hetero) is 1. The van der Waals surface area contributed by atoms with Crippen molar-refractivity contribution in [2.75, 3.05) is 14.2 Å². The fourth-order valence-electron chi connectivity index (χ4n) is 5.17. The molecule has 1 unspecified atom stereocenters. The molecule has 0 amide bonds. The summed E-state index contributed by atoms with van der Waals surface area (Å²) in [5.74, 6) is 1.36. The topological polar surface area (TPSA) is 69.9 Å². The third kappa shape index (κ3) is 3.58. The van der Waals surface area contributed by atoms with E-state index in [0.717, 1.165) is 40.4 Å². The molecule has 0 saturated heterocycles. The van der Waals surface area contributed by atoms with Crippen molar-refractivity contribution in [3.8, 4) is 11.5 Å². The Labute approximate surface area is 211 Å². The Morgan fingerprint density at radius 1 is 1.00 bits per heavy atom. The van der Waals surface area contributed by atoms with Crippen LogP contribution in [-0.4, -0.2) is 24.6 Å². The van der Waals surface area contributed by atoms with Gasteiger partial charge < -0.3 is 9.47 Å². The van der Waals surface area contributed by atoms with Crippen LogP contribution in [0.25, 0.3) is 16.8 Å². The summed E-state index contributed by atoms with van der Waals surface area (Å²) in [7, 11) is 3.19. The number of aromatic nitrogens is 1. The SMILES string of the molecule is COc1ccc(C=c2sc3n(c2=O)C(c2cccc4ccccc24)C2=C(CCCC2=O)N=3)c(OC)c1. The smallest absolute Gasteiger partial charge is 0.271 e. The average molecular weight is 497 g/mol. The minimum absolute atomic E-state index is 0.0732.